The van der Waals surface area contributed by atoms with E-state index in [9.17, 15) is 4.79 Å². The van der Waals surface area contributed by atoms with Crippen LogP contribution in [-0.4, -0.2) is 66.1 Å². The second-order valence-electron chi connectivity index (χ2n) is 7.02. The third kappa shape index (κ3) is 3.44. The average molecular weight is 337 g/mol. The van der Waals surface area contributed by atoms with Crippen molar-refractivity contribution in [3.05, 3.63) is 15.6 Å². The van der Waals surface area contributed by atoms with Gasteiger partial charge in [-0.15, -0.1) is 11.3 Å². The molecule has 2 aliphatic heterocycles. The number of thiazole rings is 1. The lowest BCUT2D eigenvalue weighted by molar-refractivity contribution is 0.0119. The number of carbonyl (C=O) groups excluding carboxylic acids is 1. The first kappa shape index (κ1) is 16.9. The van der Waals surface area contributed by atoms with Gasteiger partial charge in [-0.05, 0) is 12.8 Å². The molecular weight excluding hydrogens is 310 g/mol. The van der Waals surface area contributed by atoms with E-state index in [-0.39, 0.29) is 5.91 Å². The van der Waals surface area contributed by atoms with Crippen LogP contribution in [0.4, 0.5) is 0 Å². The number of morpholine rings is 1. The largest absolute Gasteiger partial charge is 0.379 e. The molecule has 1 aromatic heterocycles. The minimum atomic E-state index is 0.162. The van der Waals surface area contributed by atoms with Crippen LogP contribution in [0.25, 0.3) is 0 Å². The number of aryl methyl sites for hydroxylation is 1. The molecule has 2 fully saturated rings. The van der Waals surface area contributed by atoms with Crippen LogP contribution in [0.1, 0.15) is 47.1 Å². The van der Waals surface area contributed by atoms with Crippen LogP contribution >= 0.6 is 11.3 Å². The summed E-state index contributed by atoms with van der Waals surface area (Å²) in [6, 6.07) is 0.459. The summed E-state index contributed by atoms with van der Waals surface area (Å²) in [6.07, 6.45) is 0. The van der Waals surface area contributed by atoms with E-state index in [4.69, 9.17) is 4.74 Å². The SMILES string of the molecule is Cc1nc(C(C)C)sc1C(=O)N1CC(C)C(N2CCOCC2)C1. The summed E-state index contributed by atoms with van der Waals surface area (Å²) < 4.78 is 5.45. The lowest BCUT2D eigenvalue weighted by Gasteiger charge is -2.33. The van der Waals surface area contributed by atoms with Crippen molar-refractivity contribution < 1.29 is 9.53 Å². The van der Waals surface area contributed by atoms with Crippen molar-refractivity contribution in [1.29, 1.82) is 0 Å². The quantitative estimate of drug-likeness (QED) is 0.849. The Labute approximate surface area is 142 Å². The summed E-state index contributed by atoms with van der Waals surface area (Å²) in [6.45, 7) is 13.7. The maximum atomic E-state index is 12.9. The maximum absolute atomic E-state index is 12.9. The van der Waals surface area contributed by atoms with Crippen LogP contribution in [0.3, 0.4) is 0 Å². The van der Waals surface area contributed by atoms with Gasteiger partial charge in [0.2, 0.25) is 0 Å². The lowest BCUT2D eigenvalue weighted by Crippen LogP contribution is -2.47. The molecule has 2 aliphatic rings. The van der Waals surface area contributed by atoms with Crippen molar-refractivity contribution in [1.82, 2.24) is 14.8 Å². The van der Waals surface area contributed by atoms with E-state index in [0.29, 0.717) is 17.9 Å². The highest BCUT2D eigenvalue weighted by Gasteiger charge is 2.37. The molecule has 6 heteroatoms. The Bertz CT molecular complexity index is 566. The smallest absolute Gasteiger partial charge is 0.265 e. The molecule has 0 aromatic carbocycles. The van der Waals surface area contributed by atoms with E-state index in [1.165, 1.54) is 0 Å². The second-order valence-corrected chi connectivity index (χ2v) is 8.06. The van der Waals surface area contributed by atoms with Crippen LogP contribution in [-0.2, 0) is 4.74 Å². The molecule has 2 saturated heterocycles. The van der Waals surface area contributed by atoms with Crippen LogP contribution in [0.2, 0.25) is 0 Å². The lowest BCUT2D eigenvalue weighted by atomic mass is 10.0. The number of amides is 1. The molecule has 23 heavy (non-hydrogen) atoms. The van der Waals surface area contributed by atoms with Crippen LogP contribution in [0, 0.1) is 12.8 Å². The van der Waals surface area contributed by atoms with E-state index in [1.807, 2.05) is 11.8 Å². The van der Waals surface area contributed by atoms with Gasteiger partial charge in [-0.2, -0.15) is 0 Å². The molecule has 1 amide bonds. The Kier molecular flexibility index (Phi) is 5.04. The average Bonchev–Trinajstić information content (AvgIpc) is 3.11. The fourth-order valence-corrected chi connectivity index (χ4v) is 4.54. The highest BCUT2D eigenvalue weighted by Crippen LogP contribution is 2.29. The summed E-state index contributed by atoms with van der Waals surface area (Å²) in [5.41, 5.74) is 0.881. The van der Waals surface area contributed by atoms with Gasteiger partial charge >= 0.3 is 0 Å². The minimum Gasteiger partial charge on any atom is -0.379 e. The molecular formula is C17H27N3O2S. The monoisotopic (exact) mass is 337 g/mol. The van der Waals surface area contributed by atoms with Crippen LogP contribution in [0.5, 0.6) is 0 Å². The first-order valence-corrected chi connectivity index (χ1v) is 9.37. The Hall–Kier alpha value is -0.980. The van der Waals surface area contributed by atoms with Crippen molar-refractivity contribution >= 4 is 17.2 Å². The van der Waals surface area contributed by atoms with Crippen molar-refractivity contribution in [2.24, 2.45) is 5.92 Å². The molecule has 0 aliphatic carbocycles. The number of aromatic nitrogens is 1. The topological polar surface area (TPSA) is 45.7 Å². The van der Waals surface area contributed by atoms with Gasteiger partial charge < -0.3 is 9.64 Å². The third-order valence-electron chi connectivity index (χ3n) is 4.88. The van der Waals surface area contributed by atoms with Crippen molar-refractivity contribution in [2.45, 2.75) is 39.7 Å². The number of carbonyl (C=O) groups is 1. The van der Waals surface area contributed by atoms with Gasteiger partial charge in [0.05, 0.1) is 23.9 Å². The molecule has 0 radical (unpaired) electrons. The number of likely N-dealkylation sites (tertiary alicyclic amines) is 1. The standard InChI is InChI=1S/C17H27N3O2S/c1-11(2)16-18-13(4)15(23-16)17(21)20-9-12(3)14(10-20)19-5-7-22-8-6-19/h11-12,14H,5-10H2,1-4H3. The molecule has 1 aromatic rings. The molecule has 0 bridgehead atoms. The number of rotatable bonds is 3. The summed E-state index contributed by atoms with van der Waals surface area (Å²) in [5.74, 6) is 1.04. The molecule has 0 N–H and O–H groups in total. The Morgan fingerprint density at radius 2 is 2.00 bits per heavy atom. The first-order valence-electron chi connectivity index (χ1n) is 8.55. The van der Waals surface area contributed by atoms with Crippen LogP contribution < -0.4 is 0 Å². The highest BCUT2D eigenvalue weighted by atomic mass is 32.1. The predicted octanol–water partition coefficient (Wildman–Crippen LogP) is 2.37. The number of hydrogen-bond donors (Lipinski definition) is 0. The second kappa shape index (κ2) is 6.87. The summed E-state index contributed by atoms with van der Waals surface area (Å²) in [7, 11) is 0. The molecule has 2 unspecified atom stereocenters. The highest BCUT2D eigenvalue weighted by molar-refractivity contribution is 7.13. The van der Waals surface area contributed by atoms with Crippen molar-refractivity contribution in [2.75, 3.05) is 39.4 Å². The fourth-order valence-electron chi connectivity index (χ4n) is 3.51. The van der Waals surface area contributed by atoms with E-state index < -0.39 is 0 Å². The minimum absolute atomic E-state index is 0.162. The normalized spacial score (nSPS) is 26.2. The van der Waals surface area contributed by atoms with Crippen molar-refractivity contribution in [3.8, 4) is 0 Å². The Morgan fingerprint density at radius 1 is 1.30 bits per heavy atom. The van der Waals surface area contributed by atoms with Gasteiger partial charge in [0, 0.05) is 38.1 Å². The van der Waals surface area contributed by atoms with E-state index in [0.717, 1.165) is 55.0 Å². The number of hydrogen-bond acceptors (Lipinski definition) is 5. The fraction of sp³-hybridized carbons (Fsp3) is 0.765. The molecule has 0 saturated carbocycles. The van der Waals surface area contributed by atoms with E-state index >= 15 is 0 Å². The first-order chi connectivity index (χ1) is 11.0. The van der Waals surface area contributed by atoms with E-state index in [2.05, 4.69) is 30.7 Å². The summed E-state index contributed by atoms with van der Waals surface area (Å²) >= 11 is 1.56. The van der Waals surface area contributed by atoms with Gasteiger partial charge in [-0.25, -0.2) is 4.98 Å². The third-order valence-corrected chi connectivity index (χ3v) is 6.32. The van der Waals surface area contributed by atoms with E-state index in [1.54, 1.807) is 11.3 Å². The Balaban J connectivity index is 1.71. The van der Waals surface area contributed by atoms with Gasteiger partial charge in [0.25, 0.3) is 5.91 Å². The zero-order chi connectivity index (χ0) is 16.6. The molecule has 2 atom stereocenters. The van der Waals surface area contributed by atoms with Gasteiger partial charge in [-0.3, -0.25) is 9.69 Å². The molecule has 0 spiro atoms. The van der Waals surface area contributed by atoms with Crippen molar-refractivity contribution in [3.63, 3.8) is 0 Å². The molecule has 128 valence electrons. The summed E-state index contributed by atoms with van der Waals surface area (Å²) in [5, 5.41) is 1.06. The molecule has 5 nitrogen and oxygen atoms in total. The van der Waals surface area contributed by atoms with Gasteiger partial charge in [-0.1, -0.05) is 20.8 Å². The Morgan fingerprint density at radius 3 is 2.61 bits per heavy atom. The molecule has 3 heterocycles. The zero-order valence-corrected chi connectivity index (χ0v) is 15.4. The maximum Gasteiger partial charge on any atom is 0.265 e. The van der Waals surface area contributed by atoms with Gasteiger partial charge in [0.15, 0.2) is 0 Å². The van der Waals surface area contributed by atoms with Crippen LogP contribution in [0.15, 0.2) is 0 Å². The summed E-state index contributed by atoms with van der Waals surface area (Å²) in [4.78, 5) is 22.8. The zero-order valence-electron chi connectivity index (χ0n) is 14.5. The number of ether oxygens (including phenoxy) is 1. The number of nitrogens with zero attached hydrogens (tertiary/aromatic N) is 3. The predicted molar refractivity (Wildman–Crippen MR) is 92.2 cm³/mol. The molecule has 3 rings (SSSR count). The van der Waals surface area contributed by atoms with Gasteiger partial charge in [0.1, 0.15) is 4.88 Å².